The van der Waals surface area contributed by atoms with Gasteiger partial charge in [0.05, 0.1) is 17.1 Å². The molecule has 6 nitrogen and oxygen atoms in total. The van der Waals surface area contributed by atoms with E-state index in [2.05, 4.69) is 52.1 Å². The quantitative estimate of drug-likeness (QED) is 0.775. The fourth-order valence-corrected chi connectivity index (χ4v) is 4.43. The molecule has 2 saturated carbocycles. The molecule has 2 aliphatic carbocycles. The maximum absolute atomic E-state index is 4.90. The van der Waals surface area contributed by atoms with E-state index in [0.29, 0.717) is 18.0 Å². The zero-order valence-corrected chi connectivity index (χ0v) is 15.5. The van der Waals surface area contributed by atoms with Gasteiger partial charge < -0.3 is 9.88 Å². The van der Waals surface area contributed by atoms with Crippen LogP contribution in [0, 0.1) is 5.92 Å². The second-order valence-electron chi connectivity index (χ2n) is 8.12. The van der Waals surface area contributed by atoms with Gasteiger partial charge in [0.1, 0.15) is 18.5 Å². The van der Waals surface area contributed by atoms with Gasteiger partial charge in [-0.3, -0.25) is 0 Å². The molecule has 136 valence electrons. The molecule has 0 amide bonds. The molecule has 3 aromatic rings. The minimum atomic E-state index is 0.350. The molecule has 0 saturated heterocycles. The number of imidazole rings is 1. The normalized spacial score (nSPS) is 26.3. The topological polar surface area (TPSA) is 60.6 Å². The number of nitrogens with one attached hydrogen (secondary N) is 1. The minimum absolute atomic E-state index is 0.350. The molecule has 0 aliphatic heterocycles. The first-order chi connectivity index (χ1) is 12.7. The number of nitrogens with zero attached hydrogens (tertiary/aromatic N) is 5. The molecule has 1 N–H and O–H groups in total. The van der Waals surface area contributed by atoms with Crippen LogP contribution in [0.3, 0.4) is 0 Å². The van der Waals surface area contributed by atoms with Crippen molar-refractivity contribution in [3.63, 3.8) is 0 Å². The molecule has 3 atom stereocenters. The van der Waals surface area contributed by atoms with Crippen molar-refractivity contribution in [1.29, 1.82) is 0 Å². The molecule has 2 fully saturated rings. The monoisotopic (exact) mass is 350 g/mol. The largest absolute Gasteiger partial charge is 0.380 e. The minimum Gasteiger partial charge on any atom is -0.380 e. The lowest BCUT2D eigenvalue weighted by atomic mass is 9.83. The summed E-state index contributed by atoms with van der Waals surface area (Å²) < 4.78 is 4.29. The first-order valence-electron chi connectivity index (χ1n) is 9.76. The summed E-state index contributed by atoms with van der Waals surface area (Å²) in [6.07, 6.45) is 9.58. The van der Waals surface area contributed by atoms with Crippen LogP contribution in [0.15, 0.2) is 30.9 Å². The molecule has 0 bridgehead atoms. The fourth-order valence-electron chi connectivity index (χ4n) is 4.43. The highest BCUT2D eigenvalue weighted by atomic mass is 15.3. The Bertz CT molecular complexity index is 908. The van der Waals surface area contributed by atoms with Crippen LogP contribution in [0.5, 0.6) is 0 Å². The third kappa shape index (κ3) is 2.77. The summed E-state index contributed by atoms with van der Waals surface area (Å²) in [5, 5.41) is 8.17. The smallest absolute Gasteiger partial charge is 0.137 e. The number of hydrogen-bond acceptors (Lipinski definition) is 4. The van der Waals surface area contributed by atoms with Gasteiger partial charge in [0.2, 0.25) is 0 Å². The van der Waals surface area contributed by atoms with Crippen LogP contribution in [0.4, 0.5) is 5.69 Å². The molecule has 6 heteroatoms. The van der Waals surface area contributed by atoms with Crippen LogP contribution in [0.2, 0.25) is 0 Å². The maximum atomic E-state index is 4.90. The average Bonchev–Trinajstić information content (AvgIpc) is 3.23. The van der Waals surface area contributed by atoms with E-state index in [1.165, 1.54) is 30.6 Å². The van der Waals surface area contributed by atoms with Crippen molar-refractivity contribution >= 4 is 16.7 Å². The molecular formula is C20H26N6. The van der Waals surface area contributed by atoms with E-state index in [0.717, 1.165) is 30.0 Å². The van der Waals surface area contributed by atoms with E-state index >= 15 is 0 Å². The summed E-state index contributed by atoms with van der Waals surface area (Å²) in [4.78, 5) is 9.06. The van der Waals surface area contributed by atoms with Gasteiger partial charge in [-0.2, -0.15) is 5.10 Å². The average molecular weight is 350 g/mol. The summed E-state index contributed by atoms with van der Waals surface area (Å²) in [5.74, 6) is 2.63. The van der Waals surface area contributed by atoms with Gasteiger partial charge in [0.15, 0.2) is 0 Å². The molecule has 0 spiro atoms. The van der Waals surface area contributed by atoms with E-state index in [1.54, 1.807) is 6.33 Å². The summed E-state index contributed by atoms with van der Waals surface area (Å²) in [6.45, 7) is 2.33. The molecule has 26 heavy (non-hydrogen) atoms. The van der Waals surface area contributed by atoms with Gasteiger partial charge in [0, 0.05) is 24.7 Å². The Hall–Kier alpha value is -2.37. The molecule has 2 aromatic heterocycles. The van der Waals surface area contributed by atoms with Gasteiger partial charge in [-0.25, -0.2) is 14.6 Å². The van der Waals surface area contributed by atoms with Crippen molar-refractivity contribution in [2.24, 2.45) is 13.0 Å². The highest BCUT2D eigenvalue weighted by Gasteiger charge is 2.31. The van der Waals surface area contributed by atoms with Crippen molar-refractivity contribution < 1.29 is 0 Å². The number of hydrogen-bond donors (Lipinski definition) is 1. The zero-order chi connectivity index (χ0) is 17.7. The van der Waals surface area contributed by atoms with Crippen LogP contribution in [-0.2, 0) is 7.05 Å². The van der Waals surface area contributed by atoms with Crippen LogP contribution in [0.25, 0.3) is 11.0 Å². The Balaban J connectivity index is 1.42. The van der Waals surface area contributed by atoms with Gasteiger partial charge >= 0.3 is 0 Å². The number of benzene rings is 1. The highest BCUT2D eigenvalue weighted by molar-refractivity contribution is 5.80. The summed E-state index contributed by atoms with van der Waals surface area (Å²) in [5.41, 5.74) is 3.48. The third-order valence-corrected chi connectivity index (χ3v) is 6.07. The summed E-state index contributed by atoms with van der Waals surface area (Å²) in [6, 6.07) is 7.32. The predicted molar refractivity (Wildman–Crippen MR) is 102 cm³/mol. The number of anilines is 1. The molecule has 2 heterocycles. The lowest BCUT2D eigenvalue weighted by Gasteiger charge is -2.35. The number of aryl methyl sites for hydroxylation is 1. The fraction of sp³-hybridized carbons (Fsp3) is 0.550. The Labute approximate surface area is 153 Å². The lowest BCUT2D eigenvalue weighted by molar-refractivity contribution is 0.244. The van der Waals surface area contributed by atoms with Crippen molar-refractivity contribution in [1.82, 2.24) is 24.3 Å². The second-order valence-corrected chi connectivity index (χ2v) is 8.12. The Morgan fingerprint density at radius 3 is 2.81 bits per heavy atom. The van der Waals surface area contributed by atoms with Crippen molar-refractivity contribution in [3.05, 3.63) is 36.7 Å². The number of rotatable bonds is 4. The third-order valence-electron chi connectivity index (χ3n) is 6.07. The highest BCUT2D eigenvalue weighted by Crippen LogP contribution is 2.40. The molecule has 3 unspecified atom stereocenters. The molecule has 5 rings (SSSR count). The molecule has 2 aliphatic rings. The van der Waals surface area contributed by atoms with Crippen LogP contribution in [-0.4, -0.2) is 30.4 Å². The van der Waals surface area contributed by atoms with Crippen molar-refractivity contribution in [3.8, 4) is 0 Å². The van der Waals surface area contributed by atoms with E-state index in [4.69, 9.17) is 4.98 Å². The van der Waals surface area contributed by atoms with Gasteiger partial charge in [-0.05, 0) is 56.2 Å². The van der Waals surface area contributed by atoms with E-state index in [1.807, 2.05) is 11.0 Å². The van der Waals surface area contributed by atoms with Crippen molar-refractivity contribution in [2.45, 2.75) is 57.0 Å². The Morgan fingerprint density at radius 2 is 2.04 bits per heavy atom. The number of fused-ring (bicyclic) bond motifs is 1. The standard InChI is InChI=1S/C20H26N6/c1-13-3-7-16(19(9-13)26-12-21-11-22-26)23-15-6-8-18-17(10-15)24-20(25(18)2)14-4-5-14/h6,8,10-14,16,19,23H,3-5,7,9H2,1-2H3. The van der Waals surface area contributed by atoms with Gasteiger partial charge in [0.25, 0.3) is 0 Å². The van der Waals surface area contributed by atoms with Gasteiger partial charge in [-0.1, -0.05) is 6.92 Å². The summed E-state index contributed by atoms with van der Waals surface area (Å²) in [7, 11) is 2.14. The Kier molecular flexibility index (Phi) is 3.72. The second kappa shape index (κ2) is 6.11. The first kappa shape index (κ1) is 15.9. The Morgan fingerprint density at radius 1 is 1.15 bits per heavy atom. The first-order valence-corrected chi connectivity index (χ1v) is 9.76. The zero-order valence-electron chi connectivity index (χ0n) is 15.5. The molecular weight excluding hydrogens is 324 g/mol. The number of aromatic nitrogens is 5. The van der Waals surface area contributed by atoms with E-state index in [-0.39, 0.29) is 0 Å². The van der Waals surface area contributed by atoms with Crippen LogP contribution >= 0.6 is 0 Å². The maximum Gasteiger partial charge on any atom is 0.137 e. The van der Waals surface area contributed by atoms with Crippen LogP contribution < -0.4 is 5.32 Å². The predicted octanol–water partition coefficient (Wildman–Crippen LogP) is 3.88. The van der Waals surface area contributed by atoms with Crippen molar-refractivity contribution in [2.75, 3.05) is 5.32 Å². The lowest BCUT2D eigenvalue weighted by Crippen LogP contribution is -2.36. The van der Waals surface area contributed by atoms with Crippen LogP contribution in [0.1, 0.15) is 56.8 Å². The van der Waals surface area contributed by atoms with E-state index in [9.17, 15) is 0 Å². The molecule has 0 radical (unpaired) electrons. The SMILES string of the molecule is CC1CCC(Nc2ccc3c(c2)nc(C2CC2)n3C)C(n2cncn2)C1. The summed E-state index contributed by atoms with van der Waals surface area (Å²) >= 11 is 0. The van der Waals surface area contributed by atoms with Gasteiger partial charge in [-0.15, -0.1) is 0 Å². The molecule has 1 aromatic carbocycles. The van der Waals surface area contributed by atoms with E-state index < -0.39 is 0 Å².